The van der Waals surface area contributed by atoms with Gasteiger partial charge >= 0.3 is 0 Å². The number of sulfone groups is 1. The summed E-state index contributed by atoms with van der Waals surface area (Å²) in [6.07, 6.45) is 0.766. The predicted molar refractivity (Wildman–Crippen MR) is 101 cm³/mol. The van der Waals surface area contributed by atoms with Crippen LogP contribution in [0.3, 0.4) is 0 Å². The SMILES string of the molecule is CS(=O)(=O)c1cc(F)c(-c2c(-c3ccc(Br)c(Br)c3)noc2CF)cc1F. The summed E-state index contributed by atoms with van der Waals surface area (Å²) in [4.78, 5) is -0.782. The van der Waals surface area contributed by atoms with Gasteiger partial charge in [-0.2, -0.15) is 0 Å². The minimum Gasteiger partial charge on any atom is -0.357 e. The fraction of sp³-hybridized carbons (Fsp3) is 0.118. The molecule has 10 heteroatoms. The first-order valence-electron chi connectivity index (χ1n) is 7.33. The van der Waals surface area contributed by atoms with Crippen LogP contribution >= 0.6 is 31.9 Å². The average Bonchev–Trinajstić information content (AvgIpc) is 3.01. The third-order valence-corrected chi connectivity index (χ3v) is 6.76. The van der Waals surface area contributed by atoms with E-state index in [2.05, 4.69) is 37.0 Å². The highest BCUT2D eigenvalue weighted by molar-refractivity contribution is 9.13. The van der Waals surface area contributed by atoms with E-state index in [0.29, 0.717) is 22.2 Å². The third-order valence-electron chi connectivity index (χ3n) is 3.77. The summed E-state index contributed by atoms with van der Waals surface area (Å²) in [5, 5.41) is 3.79. The van der Waals surface area contributed by atoms with Gasteiger partial charge in [0.25, 0.3) is 0 Å². The lowest BCUT2D eigenvalue weighted by Crippen LogP contribution is -2.03. The molecule has 0 amide bonds. The molecule has 0 aliphatic rings. The Balaban J connectivity index is 2.27. The smallest absolute Gasteiger partial charge is 0.178 e. The molecule has 27 heavy (non-hydrogen) atoms. The maximum Gasteiger partial charge on any atom is 0.178 e. The Bertz CT molecular complexity index is 1150. The van der Waals surface area contributed by atoms with E-state index in [9.17, 15) is 21.6 Å². The van der Waals surface area contributed by atoms with E-state index in [4.69, 9.17) is 4.52 Å². The van der Waals surface area contributed by atoms with Crippen LogP contribution in [0.15, 0.2) is 48.7 Å². The van der Waals surface area contributed by atoms with Gasteiger partial charge < -0.3 is 4.52 Å². The fourth-order valence-electron chi connectivity index (χ4n) is 2.54. The molecular formula is C17H10Br2F3NO3S. The first kappa shape index (κ1) is 20.1. The molecule has 0 aliphatic heterocycles. The van der Waals surface area contributed by atoms with Crippen molar-refractivity contribution >= 4 is 41.7 Å². The number of halogens is 5. The monoisotopic (exact) mass is 523 g/mol. The second kappa shape index (κ2) is 7.40. The summed E-state index contributed by atoms with van der Waals surface area (Å²) >= 11 is 6.64. The van der Waals surface area contributed by atoms with Gasteiger partial charge in [-0.05, 0) is 56.1 Å². The van der Waals surface area contributed by atoms with Gasteiger partial charge in [-0.15, -0.1) is 0 Å². The number of aromatic nitrogens is 1. The first-order chi connectivity index (χ1) is 12.6. The molecule has 0 radical (unpaired) electrons. The summed E-state index contributed by atoms with van der Waals surface area (Å²) in [5.74, 6) is -2.48. The summed E-state index contributed by atoms with van der Waals surface area (Å²) in [7, 11) is -3.97. The molecule has 0 unspecified atom stereocenters. The van der Waals surface area contributed by atoms with Gasteiger partial charge in [0.2, 0.25) is 0 Å². The lowest BCUT2D eigenvalue weighted by molar-refractivity contribution is 0.332. The minimum atomic E-state index is -3.97. The Morgan fingerprint density at radius 1 is 1.07 bits per heavy atom. The molecule has 4 nitrogen and oxygen atoms in total. The van der Waals surface area contributed by atoms with E-state index < -0.39 is 33.0 Å². The largest absolute Gasteiger partial charge is 0.357 e. The van der Waals surface area contributed by atoms with Crippen molar-refractivity contribution in [2.75, 3.05) is 6.26 Å². The quantitative estimate of drug-likeness (QED) is 0.440. The van der Waals surface area contributed by atoms with Gasteiger partial charge in [0.05, 0.1) is 5.56 Å². The van der Waals surface area contributed by atoms with Crippen molar-refractivity contribution in [3.05, 3.63) is 56.7 Å². The van der Waals surface area contributed by atoms with Gasteiger partial charge in [-0.3, -0.25) is 0 Å². The lowest BCUT2D eigenvalue weighted by Gasteiger charge is -2.09. The number of benzene rings is 2. The highest BCUT2D eigenvalue weighted by atomic mass is 79.9. The molecule has 0 spiro atoms. The van der Waals surface area contributed by atoms with Crippen LogP contribution in [0.5, 0.6) is 0 Å². The number of rotatable bonds is 4. The number of hydrogen-bond acceptors (Lipinski definition) is 4. The van der Waals surface area contributed by atoms with Crippen LogP contribution in [-0.2, 0) is 16.5 Å². The van der Waals surface area contributed by atoms with E-state index in [1.807, 2.05) is 0 Å². The molecule has 1 aromatic heterocycles. The molecule has 1 heterocycles. The fourth-order valence-corrected chi connectivity index (χ4v) is 3.89. The predicted octanol–water partition coefficient (Wildman–Crippen LogP) is 5.68. The third kappa shape index (κ3) is 3.83. The van der Waals surface area contributed by atoms with E-state index in [0.717, 1.165) is 10.7 Å². The number of alkyl halides is 1. The van der Waals surface area contributed by atoms with Crippen molar-refractivity contribution < 1.29 is 26.1 Å². The van der Waals surface area contributed by atoms with Gasteiger partial charge in [-0.1, -0.05) is 11.2 Å². The van der Waals surface area contributed by atoms with Gasteiger partial charge in [0, 0.05) is 26.3 Å². The molecule has 3 aromatic rings. The zero-order chi connectivity index (χ0) is 19.9. The van der Waals surface area contributed by atoms with E-state index in [1.165, 1.54) is 0 Å². The molecule has 0 atom stereocenters. The maximum absolute atomic E-state index is 14.6. The van der Waals surface area contributed by atoms with Crippen LogP contribution in [0, 0.1) is 11.6 Å². The molecule has 0 N–H and O–H groups in total. The van der Waals surface area contributed by atoms with Crippen molar-refractivity contribution in [3.63, 3.8) is 0 Å². The van der Waals surface area contributed by atoms with Crippen LogP contribution in [0.1, 0.15) is 5.76 Å². The molecule has 3 rings (SSSR count). The number of hydrogen-bond donors (Lipinski definition) is 0. The Morgan fingerprint density at radius 3 is 2.37 bits per heavy atom. The van der Waals surface area contributed by atoms with Crippen LogP contribution in [0.25, 0.3) is 22.4 Å². The summed E-state index contributed by atoms with van der Waals surface area (Å²) in [6.45, 7) is -1.10. The molecular weight excluding hydrogens is 515 g/mol. The summed E-state index contributed by atoms with van der Waals surface area (Å²) < 4.78 is 71.8. The molecule has 2 aromatic carbocycles. The van der Waals surface area contributed by atoms with Crippen LogP contribution in [-0.4, -0.2) is 19.8 Å². The zero-order valence-corrected chi connectivity index (χ0v) is 17.6. The Morgan fingerprint density at radius 2 is 1.78 bits per heavy atom. The Hall–Kier alpha value is -1.65. The standard InChI is InChI=1S/C17H10Br2F3NO3S/c1-27(24,25)15-6-12(21)9(5-13(15)22)16-14(7-20)26-23-17(16)8-2-3-10(18)11(19)4-8/h2-6H,7H2,1H3. The van der Waals surface area contributed by atoms with Gasteiger partial charge in [-0.25, -0.2) is 21.6 Å². The molecule has 0 fully saturated rings. The van der Waals surface area contributed by atoms with Crippen molar-refractivity contribution in [1.82, 2.24) is 5.16 Å². The Labute approximate surface area is 169 Å². The van der Waals surface area contributed by atoms with Crippen LogP contribution in [0.2, 0.25) is 0 Å². The normalized spacial score (nSPS) is 11.8. The van der Waals surface area contributed by atoms with E-state index in [-0.39, 0.29) is 22.6 Å². The maximum atomic E-state index is 14.6. The average molecular weight is 525 g/mol. The summed E-state index contributed by atoms with van der Waals surface area (Å²) in [6, 6.07) is 6.24. The topological polar surface area (TPSA) is 60.2 Å². The van der Waals surface area contributed by atoms with Crippen LogP contribution in [0.4, 0.5) is 13.2 Å². The Kier molecular flexibility index (Phi) is 5.51. The van der Waals surface area contributed by atoms with E-state index in [1.54, 1.807) is 18.2 Å². The second-order valence-corrected chi connectivity index (χ2v) is 9.32. The van der Waals surface area contributed by atoms with Crippen molar-refractivity contribution in [3.8, 4) is 22.4 Å². The minimum absolute atomic E-state index is 0.0804. The van der Waals surface area contributed by atoms with Crippen molar-refractivity contribution in [2.45, 2.75) is 11.6 Å². The van der Waals surface area contributed by atoms with Gasteiger partial charge in [0.15, 0.2) is 22.3 Å². The summed E-state index contributed by atoms with van der Waals surface area (Å²) in [5.41, 5.74) is 0.141. The van der Waals surface area contributed by atoms with Crippen molar-refractivity contribution in [2.24, 2.45) is 0 Å². The number of nitrogens with zero attached hydrogens (tertiary/aromatic N) is 1. The van der Waals surface area contributed by atoms with Gasteiger partial charge in [0.1, 0.15) is 22.2 Å². The molecule has 0 saturated heterocycles. The molecule has 0 aliphatic carbocycles. The molecule has 0 saturated carbocycles. The highest BCUT2D eigenvalue weighted by Crippen LogP contribution is 2.39. The molecule has 142 valence electrons. The van der Waals surface area contributed by atoms with Crippen molar-refractivity contribution in [1.29, 1.82) is 0 Å². The highest BCUT2D eigenvalue weighted by Gasteiger charge is 2.25. The van der Waals surface area contributed by atoms with Crippen LogP contribution < -0.4 is 0 Å². The first-order valence-corrected chi connectivity index (χ1v) is 10.8. The second-order valence-electron chi connectivity index (χ2n) is 5.63. The lowest BCUT2D eigenvalue weighted by atomic mass is 9.99. The molecule has 0 bridgehead atoms. The zero-order valence-electron chi connectivity index (χ0n) is 13.6. The van der Waals surface area contributed by atoms with E-state index >= 15 is 0 Å².